The van der Waals surface area contributed by atoms with Crippen LogP contribution in [-0.4, -0.2) is 56.6 Å². The van der Waals surface area contributed by atoms with Crippen molar-refractivity contribution in [3.8, 4) is 0 Å². The highest BCUT2D eigenvalue weighted by molar-refractivity contribution is 5.77. The average molecular weight is 365 g/mol. The first kappa shape index (κ1) is 17.4. The Kier molecular flexibility index (Phi) is 4.72. The van der Waals surface area contributed by atoms with Gasteiger partial charge in [-0.1, -0.05) is 30.3 Å². The summed E-state index contributed by atoms with van der Waals surface area (Å²) in [5.41, 5.74) is 8.10. The SMILES string of the molecule is Cc1cc(N2CCN(C(=O)CC(N)c3ccccc3)CC2)n2ncnc2n1. The number of aromatic nitrogens is 4. The molecule has 8 heteroatoms. The number of aryl methyl sites for hydroxylation is 1. The van der Waals surface area contributed by atoms with Gasteiger partial charge >= 0.3 is 0 Å². The van der Waals surface area contributed by atoms with Crippen molar-refractivity contribution in [3.05, 3.63) is 54.0 Å². The maximum Gasteiger partial charge on any atom is 0.254 e. The van der Waals surface area contributed by atoms with E-state index >= 15 is 0 Å². The van der Waals surface area contributed by atoms with Crippen LogP contribution in [0.25, 0.3) is 5.78 Å². The van der Waals surface area contributed by atoms with Gasteiger partial charge in [-0.25, -0.2) is 4.98 Å². The second-order valence-electron chi connectivity index (χ2n) is 6.82. The van der Waals surface area contributed by atoms with Crippen LogP contribution in [0.3, 0.4) is 0 Å². The number of carbonyl (C=O) groups excluding carboxylic acids is 1. The normalized spacial score (nSPS) is 15.9. The fourth-order valence-corrected chi connectivity index (χ4v) is 3.46. The molecule has 1 atom stereocenters. The highest BCUT2D eigenvalue weighted by Gasteiger charge is 2.24. The van der Waals surface area contributed by atoms with Crippen molar-refractivity contribution in [2.24, 2.45) is 5.73 Å². The van der Waals surface area contributed by atoms with Crippen LogP contribution in [0.2, 0.25) is 0 Å². The molecule has 4 rings (SSSR count). The molecule has 0 saturated carbocycles. The summed E-state index contributed by atoms with van der Waals surface area (Å²) in [4.78, 5) is 25.3. The molecule has 1 unspecified atom stereocenters. The molecule has 0 aliphatic carbocycles. The Morgan fingerprint density at radius 3 is 2.67 bits per heavy atom. The number of rotatable bonds is 4. The largest absolute Gasteiger partial charge is 0.353 e. The molecule has 1 aliphatic rings. The number of nitrogens with zero attached hydrogens (tertiary/aromatic N) is 6. The number of piperazine rings is 1. The van der Waals surface area contributed by atoms with Crippen LogP contribution >= 0.6 is 0 Å². The molecule has 0 bridgehead atoms. The first-order valence-electron chi connectivity index (χ1n) is 9.12. The molecule has 1 fully saturated rings. The Bertz CT molecular complexity index is 932. The lowest BCUT2D eigenvalue weighted by Crippen LogP contribution is -2.49. The molecule has 27 heavy (non-hydrogen) atoms. The predicted octanol–water partition coefficient (Wildman–Crippen LogP) is 1.17. The summed E-state index contributed by atoms with van der Waals surface area (Å²) in [5.74, 6) is 1.66. The van der Waals surface area contributed by atoms with E-state index in [0.29, 0.717) is 25.3 Å². The van der Waals surface area contributed by atoms with Gasteiger partial charge in [-0.15, -0.1) is 0 Å². The van der Waals surface area contributed by atoms with Crippen molar-refractivity contribution < 1.29 is 4.79 Å². The molecule has 3 aromatic rings. The summed E-state index contributed by atoms with van der Waals surface area (Å²) in [6.45, 7) is 4.76. The topological polar surface area (TPSA) is 92.7 Å². The average Bonchev–Trinajstić information content (AvgIpc) is 3.16. The second kappa shape index (κ2) is 7.32. The summed E-state index contributed by atoms with van der Waals surface area (Å²) in [6, 6.07) is 11.5. The fourth-order valence-electron chi connectivity index (χ4n) is 3.46. The summed E-state index contributed by atoms with van der Waals surface area (Å²) in [7, 11) is 0. The standard InChI is InChI=1S/C19H23N7O/c1-14-11-17(26-19(23-14)21-13-22-26)24-7-9-25(10-8-24)18(27)12-16(20)15-5-3-2-4-6-15/h2-6,11,13,16H,7-10,12,20H2,1H3. The molecular weight excluding hydrogens is 342 g/mol. The van der Waals surface area contributed by atoms with Crippen LogP contribution in [0.4, 0.5) is 5.82 Å². The smallest absolute Gasteiger partial charge is 0.254 e. The quantitative estimate of drug-likeness (QED) is 0.746. The minimum atomic E-state index is -0.269. The van der Waals surface area contributed by atoms with Crippen molar-refractivity contribution in [3.63, 3.8) is 0 Å². The molecule has 2 N–H and O–H groups in total. The number of nitrogens with two attached hydrogens (primary N) is 1. The molecule has 1 aromatic carbocycles. The van der Waals surface area contributed by atoms with E-state index in [0.717, 1.165) is 30.2 Å². The number of hydrogen-bond donors (Lipinski definition) is 1. The van der Waals surface area contributed by atoms with Crippen molar-refractivity contribution in [2.75, 3.05) is 31.1 Å². The lowest BCUT2D eigenvalue weighted by atomic mass is 10.0. The lowest BCUT2D eigenvalue weighted by Gasteiger charge is -2.36. The number of amides is 1. The molecule has 8 nitrogen and oxygen atoms in total. The van der Waals surface area contributed by atoms with Gasteiger partial charge in [0.2, 0.25) is 5.91 Å². The molecule has 1 aliphatic heterocycles. The van der Waals surface area contributed by atoms with E-state index in [2.05, 4.69) is 20.0 Å². The van der Waals surface area contributed by atoms with Crippen LogP contribution < -0.4 is 10.6 Å². The monoisotopic (exact) mass is 365 g/mol. The molecule has 1 saturated heterocycles. The first-order chi connectivity index (χ1) is 13.1. The van der Waals surface area contributed by atoms with Gasteiger partial charge in [0.25, 0.3) is 5.78 Å². The van der Waals surface area contributed by atoms with Crippen molar-refractivity contribution in [2.45, 2.75) is 19.4 Å². The predicted molar refractivity (Wildman–Crippen MR) is 102 cm³/mol. The Hall–Kier alpha value is -3.00. The van der Waals surface area contributed by atoms with E-state index in [1.165, 1.54) is 6.33 Å². The van der Waals surface area contributed by atoms with Gasteiger partial charge in [0.15, 0.2) is 0 Å². The molecule has 1 amide bonds. The van der Waals surface area contributed by atoms with Gasteiger partial charge < -0.3 is 15.5 Å². The van der Waals surface area contributed by atoms with E-state index in [4.69, 9.17) is 5.73 Å². The Balaban J connectivity index is 1.40. The van der Waals surface area contributed by atoms with Crippen LogP contribution in [0.5, 0.6) is 0 Å². The van der Waals surface area contributed by atoms with Gasteiger partial charge in [-0.3, -0.25) is 4.79 Å². The van der Waals surface area contributed by atoms with E-state index in [9.17, 15) is 4.79 Å². The summed E-state index contributed by atoms with van der Waals surface area (Å²) < 4.78 is 1.75. The third kappa shape index (κ3) is 3.61. The summed E-state index contributed by atoms with van der Waals surface area (Å²) >= 11 is 0. The van der Waals surface area contributed by atoms with Crippen LogP contribution in [0.1, 0.15) is 23.7 Å². The Labute approximate surface area is 157 Å². The highest BCUT2D eigenvalue weighted by Crippen LogP contribution is 2.20. The molecule has 140 valence electrons. The van der Waals surface area contributed by atoms with Crippen molar-refractivity contribution >= 4 is 17.5 Å². The van der Waals surface area contributed by atoms with Crippen LogP contribution in [-0.2, 0) is 4.79 Å². The molecular formula is C19H23N7O. The number of fused-ring (bicyclic) bond motifs is 1. The number of hydrogen-bond acceptors (Lipinski definition) is 6. The first-order valence-corrected chi connectivity index (χ1v) is 9.12. The van der Waals surface area contributed by atoms with Crippen molar-refractivity contribution in [1.29, 1.82) is 0 Å². The molecule has 0 radical (unpaired) electrons. The zero-order valence-corrected chi connectivity index (χ0v) is 15.3. The van der Waals surface area contributed by atoms with Gasteiger partial charge in [-0.2, -0.15) is 14.6 Å². The third-order valence-corrected chi connectivity index (χ3v) is 4.94. The molecule has 0 spiro atoms. The summed E-state index contributed by atoms with van der Waals surface area (Å²) in [6.07, 6.45) is 1.84. The van der Waals surface area contributed by atoms with Crippen molar-refractivity contribution in [1.82, 2.24) is 24.5 Å². The zero-order chi connectivity index (χ0) is 18.8. The maximum absolute atomic E-state index is 12.6. The lowest BCUT2D eigenvalue weighted by molar-refractivity contribution is -0.131. The second-order valence-corrected chi connectivity index (χ2v) is 6.82. The highest BCUT2D eigenvalue weighted by atomic mass is 16.2. The summed E-state index contributed by atoms with van der Waals surface area (Å²) in [5, 5.41) is 4.27. The van der Waals surface area contributed by atoms with Crippen LogP contribution in [0, 0.1) is 6.92 Å². The third-order valence-electron chi connectivity index (χ3n) is 4.94. The van der Waals surface area contributed by atoms with E-state index in [1.54, 1.807) is 4.52 Å². The molecule has 2 aromatic heterocycles. The van der Waals surface area contributed by atoms with Gasteiger partial charge in [0, 0.05) is 50.4 Å². The van der Waals surface area contributed by atoms with Gasteiger partial charge in [0.1, 0.15) is 12.1 Å². The minimum absolute atomic E-state index is 0.0998. The van der Waals surface area contributed by atoms with E-state index in [-0.39, 0.29) is 11.9 Å². The van der Waals surface area contributed by atoms with Gasteiger partial charge in [0.05, 0.1) is 0 Å². The van der Waals surface area contributed by atoms with Gasteiger partial charge in [-0.05, 0) is 12.5 Å². The zero-order valence-electron chi connectivity index (χ0n) is 15.3. The number of benzene rings is 1. The maximum atomic E-state index is 12.6. The Morgan fingerprint density at radius 1 is 1.19 bits per heavy atom. The van der Waals surface area contributed by atoms with E-state index < -0.39 is 0 Å². The number of carbonyl (C=O) groups is 1. The fraction of sp³-hybridized carbons (Fsp3) is 0.368. The van der Waals surface area contributed by atoms with E-state index in [1.807, 2.05) is 48.2 Å². The minimum Gasteiger partial charge on any atom is -0.353 e. The van der Waals surface area contributed by atoms with Crippen LogP contribution in [0.15, 0.2) is 42.7 Å². The Morgan fingerprint density at radius 2 is 1.93 bits per heavy atom. The molecule has 3 heterocycles. The number of anilines is 1.